The first-order valence-electron chi connectivity index (χ1n) is 7.91. The molecule has 2 aromatic carbocycles. The highest BCUT2D eigenvalue weighted by atomic mass is 16.6. The van der Waals surface area contributed by atoms with Gasteiger partial charge < -0.3 is 14.2 Å². The lowest BCUT2D eigenvalue weighted by atomic mass is 9.79. The van der Waals surface area contributed by atoms with Crippen LogP contribution in [0.25, 0.3) is 0 Å². The Kier molecular flexibility index (Phi) is 5.15. The van der Waals surface area contributed by atoms with Gasteiger partial charge in [-0.25, -0.2) is 0 Å². The summed E-state index contributed by atoms with van der Waals surface area (Å²) in [4.78, 5) is 22.6. The fourth-order valence-corrected chi connectivity index (χ4v) is 2.74. The van der Waals surface area contributed by atoms with Crippen LogP contribution >= 0.6 is 0 Å². The lowest BCUT2D eigenvalue weighted by Gasteiger charge is -2.22. The van der Waals surface area contributed by atoms with Crippen LogP contribution < -0.4 is 10.4 Å². The average molecular weight is 357 g/mol. The van der Waals surface area contributed by atoms with E-state index in [9.17, 15) is 20.2 Å². The molecular weight excluding hydrogens is 341 g/mol. The van der Waals surface area contributed by atoms with Gasteiger partial charge in [0.05, 0.1) is 22.6 Å². The van der Waals surface area contributed by atoms with Crippen molar-refractivity contribution in [2.24, 2.45) is 0 Å². The van der Waals surface area contributed by atoms with Crippen LogP contribution in [0.3, 0.4) is 0 Å². The Hall–Kier alpha value is -2.98. The predicted molar refractivity (Wildman–Crippen MR) is 95.7 cm³/mol. The molecule has 10 heteroatoms. The molecule has 1 aliphatic heterocycles. The molecule has 0 radical (unpaired) electrons. The molecule has 3 rings (SSSR count). The van der Waals surface area contributed by atoms with Crippen molar-refractivity contribution in [3.05, 3.63) is 68.8 Å². The molecule has 0 aliphatic carbocycles. The van der Waals surface area contributed by atoms with Crippen molar-refractivity contribution < 1.29 is 19.2 Å². The molecule has 1 fully saturated rings. The zero-order valence-corrected chi connectivity index (χ0v) is 14.0. The molecule has 2 aromatic rings. The maximum Gasteiger partial charge on any atom is 0.494 e. The van der Waals surface area contributed by atoms with Crippen molar-refractivity contribution in [1.29, 1.82) is 0 Å². The Bertz CT molecular complexity index is 816. The highest BCUT2D eigenvalue weighted by molar-refractivity contribution is 6.61. The molecule has 0 bridgehead atoms. The minimum atomic E-state index is -0.648. The molecule has 26 heavy (non-hydrogen) atoms. The second-order valence-corrected chi connectivity index (χ2v) is 5.93. The van der Waals surface area contributed by atoms with Crippen molar-refractivity contribution in [2.45, 2.75) is 6.10 Å². The third-order valence-corrected chi connectivity index (χ3v) is 4.08. The number of likely N-dealkylation sites (N-methyl/N-ethyl adjacent to an activating group) is 1. The number of anilines is 1. The second-order valence-electron chi connectivity index (χ2n) is 5.93. The van der Waals surface area contributed by atoms with Crippen LogP contribution in [0.15, 0.2) is 48.5 Å². The molecule has 1 heterocycles. The molecule has 1 saturated heterocycles. The largest absolute Gasteiger partial charge is 0.494 e. The molecule has 1 unspecified atom stereocenters. The number of nitrogens with zero attached hydrogens (tertiary/aromatic N) is 3. The Balaban J connectivity index is 1.61. The van der Waals surface area contributed by atoms with Gasteiger partial charge in [0.25, 0.3) is 11.4 Å². The van der Waals surface area contributed by atoms with Crippen molar-refractivity contribution >= 4 is 29.6 Å². The second kappa shape index (κ2) is 7.50. The van der Waals surface area contributed by atoms with Gasteiger partial charge in [0.2, 0.25) is 0 Å². The standard InChI is InChI=1S/C16H16BN3O6/c1-18(13-5-7-14(8-6-13)19(21)22)10-16-11-25-17(26-16)12-3-2-4-15(9-12)20(23)24/h2-9,16H,10-11H2,1H3. The van der Waals surface area contributed by atoms with Crippen molar-refractivity contribution in [3.8, 4) is 0 Å². The first-order chi connectivity index (χ1) is 12.4. The van der Waals surface area contributed by atoms with Crippen LogP contribution in [0, 0.1) is 20.2 Å². The highest BCUT2D eigenvalue weighted by Crippen LogP contribution is 2.20. The van der Waals surface area contributed by atoms with E-state index in [0.29, 0.717) is 18.6 Å². The normalized spacial score (nSPS) is 16.5. The Morgan fingerprint density at radius 1 is 1.12 bits per heavy atom. The highest BCUT2D eigenvalue weighted by Gasteiger charge is 2.34. The van der Waals surface area contributed by atoms with Crippen LogP contribution in [-0.2, 0) is 9.31 Å². The third kappa shape index (κ3) is 3.98. The van der Waals surface area contributed by atoms with E-state index in [2.05, 4.69) is 0 Å². The molecule has 0 saturated carbocycles. The summed E-state index contributed by atoms with van der Waals surface area (Å²) >= 11 is 0. The topological polar surface area (TPSA) is 108 Å². The van der Waals surface area contributed by atoms with Gasteiger partial charge in [-0.1, -0.05) is 12.1 Å². The van der Waals surface area contributed by atoms with Gasteiger partial charge in [0.15, 0.2) is 0 Å². The molecule has 0 amide bonds. The third-order valence-electron chi connectivity index (χ3n) is 4.08. The number of non-ortho nitro benzene ring substituents is 2. The monoisotopic (exact) mass is 357 g/mol. The van der Waals surface area contributed by atoms with Crippen LogP contribution in [0.2, 0.25) is 0 Å². The number of rotatable bonds is 6. The zero-order chi connectivity index (χ0) is 18.7. The van der Waals surface area contributed by atoms with Crippen LogP contribution in [0.5, 0.6) is 0 Å². The van der Waals surface area contributed by atoms with Crippen molar-refractivity contribution in [2.75, 3.05) is 25.1 Å². The summed E-state index contributed by atoms with van der Waals surface area (Å²) in [6.45, 7) is 0.869. The molecule has 134 valence electrons. The average Bonchev–Trinajstić information content (AvgIpc) is 3.10. The first kappa shape index (κ1) is 17.8. The van der Waals surface area contributed by atoms with Crippen molar-refractivity contribution in [1.82, 2.24) is 0 Å². The number of hydrogen-bond donors (Lipinski definition) is 0. The lowest BCUT2D eigenvalue weighted by molar-refractivity contribution is -0.385. The number of nitro groups is 2. The van der Waals surface area contributed by atoms with E-state index in [1.165, 1.54) is 24.3 Å². The predicted octanol–water partition coefficient (Wildman–Crippen LogP) is 1.75. The van der Waals surface area contributed by atoms with Gasteiger partial charge in [-0.05, 0) is 17.6 Å². The maximum atomic E-state index is 10.9. The van der Waals surface area contributed by atoms with E-state index >= 15 is 0 Å². The molecule has 0 spiro atoms. The molecule has 0 N–H and O–H groups in total. The molecular formula is C16H16BN3O6. The SMILES string of the molecule is CN(CC1COB(c2cccc([N+](=O)[O-])c2)O1)c1ccc([N+](=O)[O-])cc1. The van der Waals surface area contributed by atoms with E-state index in [1.807, 2.05) is 11.9 Å². The number of nitro benzene ring substituents is 2. The Morgan fingerprint density at radius 3 is 2.46 bits per heavy atom. The van der Waals surface area contributed by atoms with Gasteiger partial charge in [0.1, 0.15) is 0 Å². The van der Waals surface area contributed by atoms with Gasteiger partial charge in [-0.2, -0.15) is 0 Å². The summed E-state index contributed by atoms with van der Waals surface area (Å²) in [5, 5.41) is 21.6. The fraction of sp³-hybridized carbons (Fsp3) is 0.250. The van der Waals surface area contributed by atoms with E-state index in [-0.39, 0.29) is 17.5 Å². The maximum absolute atomic E-state index is 10.9. The van der Waals surface area contributed by atoms with Crippen LogP contribution in [0.1, 0.15) is 0 Å². The number of hydrogen-bond acceptors (Lipinski definition) is 7. The van der Waals surface area contributed by atoms with Crippen LogP contribution in [0.4, 0.5) is 17.1 Å². The number of benzene rings is 2. The van der Waals surface area contributed by atoms with E-state index in [4.69, 9.17) is 9.31 Å². The fourth-order valence-electron chi connectivity index (χ4n) is 2.74. The van der Waals surface area contributed by atoms with Gasteiger partial charge in [0, 0.05) is 43.5 Å². The van der Waals surface area contributed by atoms with E-state index in [0.717, 1.165) is 5.69 Å². The summed E-state index contributed by atoms with van der Waals surface area (Å²) in [5.74, 6) is 0. The lowest BCUT2D eigenvalue weighted by Crippen LogP contribution is -2.35. The van der Waals surface area contributed by atoms with Crippen LogP contribution in [-0.4, -0.2) is 43.3 Å². The zero-order valence-electron chi connectivity index (χ0n) is 14.0. The summed E-state index contributed by atoms with van der Waals surface area (Å²) in [6.07, 6.45) is -0.223. The minimum absolute atomic E-state index is 0.0128. The van der Waals surface area contributed by atoms with E-state index in [1.54, 1.807) is 24.3 Å². The summed E-state index contributed by atoms with van der Waals surface area (Å²) in [5.41, 5.74) is 1.44. The van der Waals surface area contributed by atoms with Gasteiger partial charge in [-0.3, -0.25) is 20.2 Å². The smallest absolute Gasteiger partial charge is 0.405 e. The summed E-state index contributed by atoms with van der Waals surface area (Å²) in [7, 11) is 1.20. The van der Waals surface area contributed by atoms with Crippen molar-refractivity contribution in [3.63, 3.8) is 0 Å². The minimum Gasteiger partial charge on any atom is -0.405 e. The quantitative estimate of drug-likeness (QED) is 0.440. The van der Waals surface area contributed by atoms with E-state index < -0.39 is 17.0 Å². The molecule has 1 atom stereocenters. The Morgan fingerprint density at radius 2 is 1.81 bits per heavy atom. The molecule has 1 aliphatic rings. The van der Waals surface area contributed by atoms with Gasteiger partial charge >= 0.3 is 7.12 Å². The molecule has 0 aromatic heterocycles. The summed E-state index contributed by atoms with van der Waals surface area (Å²) < 4.78 is 11.5. The van der Waals surface area contributed by atoms with Gasteiger partial charge in [-0.15, -0.1) is 0 Å². The Labute approximate surface area is 149 Å². The summed E-state index contributed by atoms with van der Waals surface area (Å²) in [6, 6.07) is 12.4. The first-order valence-corrected chi connectivity index (χ1v) is 7.91. The molecule has 9 nitrogen and oxygen atoms in total.